The van der Waals surface area contributed by atoms with E-state index >= 15 is 0 Å². The zero-order valence-corrected chi connectivity index (χ0v) is 20.7. The number of carbonyl (C=O) groups is 1. The molecular weight excluding hydrogens is 458 g/mol. The molecule has 0 fully saturated rings. The summed E-state index contributed by atoms with van der Waals surface area (Å²) >= 11 is 5.77. The van der Waals surface area contributed by atoms with Crippen molar-refractivity contribution >= 4 is 39.9 Å². The van der Waals surface area contributed by atoms with Gasteiger partial charge >= 0.3 is 5.97 Å². The molecule has 0 aliphatic rings. The number of rotatable bonds is 6. The van der Waals surface area contributed by atoms with Gasteiger partial charge in [-0.15, -0.1) is 0 Å². The molecule has 1 aromatic heterocycles. The third kappa shape index (κ3) is 5.58. The monoisotopic (exact) mass is 485 g/mol. The fourth-order valence-corrected chi connectivity index (χ4v) is 4.16. The number of carbonyl (C=O) groups excluding carboxylic acids is 1. The third-order valence-corrected chi connectivity index (χ3v) is 6.33. The predicted octanol–water partition coefficient (Wildman–Crippen LogP) is 5.33. The maximum Gasteiger partial charge on any atom is 0.339 e. The first-order valence-corrected chi connectivity index (χ1v) is 11.7. The highest BCUT2D eigenvalue weighted by Gasteiger charge is 2.18. The molecule has 0 aliphatic heterocycles. The lowest BCUT2D eigenvalue weighted by Gasteiger charge is -2.26. The molecular formula is C28H27N3O3S. The second kappa shape index (κ2) is 10.5. The van der Waals surface area contributed by atoms with Crippen molar-refractivity contribution in [1.29, 1.82) is 0 Å². The number of methoxy groups -OCH3 is 1. The standard InChI is InChI=1S/C28H27N3O3S/c1-18-13-21-15-22(26(32)29-25(21)14-19(18)2)17-31(16-20-9-5-4-6-10-20)28(35)30-24-12-8-7-11-23(24)27(33)34-3/h4-15H,16-17H2,1-3H3,(H,29,32)(H,30,35). The van der Waals surface area contributed by atoms with Crippen LogP contribution in [0.5, 0.6) is 0 Å². The van der Waals surface area contributed by atoms with Crippen molar-refractivity contribution in [3.05, 3.63) is 111 Å². The van der Waals surface area contributed by atoms with Crippen molar-refractivity contribution in [1.82, 2.24) is 9.88 Å². The number of aromatic amines is 1. The number of aromatic nitrogens is 1. The molecule has 3 aromatic carbocycles. The number of aryl methyl sites for hydroxylation is 2. The Morgan fingerprint density at radius 1 is 0.971 bits per heavy atom. The number of para-hydroxylation sites is 1. The van der Waals surface area contributed by atoms with E-state index in [1.165, 1.54) is 7.11 Å². The molecule has 6 nitrogen and oxygen atoms in total. The lowest BCUT2D eigenvalue weighted by Crippen LogP contribution is -2.36. The second-order valence-electron chi connectivity index (χ2n) is 8.46. The van der Waals surface area contributed by atoms with Gasteiger partial charge in [-0.25, -0.2) is 4.79 Å². The average molecular weight is 486 g/mol. The van der Waals surface area contributed by atoms with E-state index in [4.69, 9.17) is 17.0 Å². The molecule has 7 heteroatoms. The molecule has 4 aromatic rings. The van der Waals surface area contributed by atoms with Gasteiger partial charge in [0.1, 0.15) is 0 Å². The number of pyridine rings is 1. The van der Waals surface area contributed by atoms with Gasteiger partial charge in [-0.1, -0.05) is 42.5 Å². The van der Waals surface area contributed by atoms with Gasteiger partial charge in [0.05, 0.1) is 24.9 Å². The maximum absolute atomic E-state index is 13.0. The summed E-state index contributed by atoms with van der Waals surface area (Å²) in [5.74, 6) is -0.456. The summed E-state index contributed by atoms with van der Waals surface area (Å²) in [4.78, 5) is 30.1. The number of H-pyrrole nitrogens is 1. The zero-order chi connectivity index (χ0) is 24.9. The van der Waals surface area contributed by atoms with Crippen LogP contribution in [0.15, 0.2) is 77.6 Å². The van der Waals surface area contributed by atoms with Gasteiger partial charge in [0.15, 0.2) is 5.11 Å². The molecule has 4 rings (SSSR count). The number of anilines is 1. The summed E-state index contributed by atoms with van der Waals surface area (Å²) in [7, 11) is 1.34. The van der Waals surface area contributed by atoms with Crippen LogP contribution in [0, 0.1) is 13.8 Å². The van der Waals surface area contributed by atoms with Crippen LogP contribution in [-0.4, -0.2) is 28.1 Å². The smallest absolute Gasteiger partial charge is 0.339 e. The van der Waals surface area contributed by atoms with Crippen LogP contribution in [0.25, 0.3) is 10.9 Å². The summed E-state index contributed by atoms with van der Waals surface area (Å²) in [6.45, 7) is 4.86. The fraction of sp³-hybridized carbons (Fsp3) is 0.179. The van der Waals surface area contributed by atoms with Crippen molar-refractivity contribution in [3.8, 4) is 0 Å². The SMILES string of the molecule is COC(=O)c1ccccc1NC(=S)N(Cc1ccccc1)Cc1cc2cc(C)c(C)cc2[nH]c1=O. The Bertz CT molecular complexity index is 1450. The summed E-state index contributed by atoms with van der Waals surface area (Å²) < 4.78 is 4.90. The Kier molecular flexibility index (Phi) is 7.27. The van der Waals surface area contributed by atoms with Crippen molar-refractivity contribution in [2.24, 2.45) is 0 Å². The third-order valence-electron chi connectivity index (χ3n) is 5.97. The number of hydrogen-bond acceptors (Lipinski definition) is 4. The molecule has 0 aliphatic carbocycles. The van der Waals surface area contributed by atoms with Crippen molar-refractivity contribution in [2.75, 3.05) is 12.4 Å². The Morgan fingerprint density at radius 2 is 1.66 bits per heavy atom. The molecule has 1 heterocycles. The van der Waals surface area contributed by atoms with Gasteiger partial charge in [-0.3, -0.25) is 4.79 Å². The Labute approximate surface area is 209 Å². The number of nitrogens with one attached hydrogen (secondary N) is 2. The number of thiocarbonyl (C=S) groups is 1. The molecule has 0 saturated carbocycles. The van der Waals surface area contributed by atoms with E-state index in [1.54, 1.807) is 18.2 Å². The number of ether oxygens (including phenoxy) is 1. The first-order valence-electron chi connectivity index (χ1n) is 11.3. The van der Waals surface area contributed by atoms with E-state index < -0.39 is 5.97 Å². The topological polar surface area (TPSA) is 74.4 Å². The van der Waals surface area contributed by atoms with Crippen LogP contribution in [0.3, 0.4) is 0 Å². The molecule has 0 unspecified atom stereocenters. The minimum absolute atomic E-state index is 0.156. The Balaban J connectivity index is 1.68. The van der Waals surface area contributed by atoms with Gasteiger partial charge in [0.25, 0.3) is 5.56 Å². The quantitative estimate of drug-likeness (QED) is 0.284. The van der Waals surface area contributed by atoms with Crippen LogP contribution in [0.2, 0.25) is 0 Å². The average Bonchev–Trinajstić information content (AvgIpc) is 2.85. The highest BCUT2D eigenvalue weighted by Crippen LogP contribution is 2.20. The van der Waals surface area contributed by atoms with E-state index in [-0.39, 0.29) is 5.56 Å². The first kappa shape index (κ1) is 24.2. The van der Waals surface area contributed by atoms with Crippen LogP contribution >= 0.6 is 12.2 Å². The van der Waals surface area contributed by atoms with Gasteiger partial charge in [-0.05, 0) is 78.5 Å². The minimum atomic E-state index is -0.456. The lowest BCUT2D eigenvalue weighted by atomic mass is 10.0. The number of benzene rings is 3. The molecule has 2 N–H and O–H groups in total. The minimum Gasteiger partial charge on any atom is -0.465 e. The van der Waals surface area contributed by atoms with Crippen LogP contribution in [-0.2, 0) is 17.8 Å². The zero-order valence-electron chi connectivity index (χ0n) is 19.9. The number of esters is 1. The molecule has 0 saturated heterocycles. The van der Waals surface area contributed by atoms with E-state index in [2.05, 4.69) is 23.3 Å². The molecule has 0 bridgehead atoms. The number of hydrogen-bond donors (Lipinski definition) is 2. The molecule has 0 atom stereocenters. The first-order chi connectivity index (χ1) is 16.9. The molecule has 35 heavy (non-hydrogen) atoms. The highest BCUT2D eigenvalue weighted by atomic mass is 32.1. The van der Waals surface area contributed by atoms with Gasteiger partial charge in [0, 0.05) is 17.6 Å². The van der Waals surface area contributed by atoms with Crippen molar-refractivity contribution < 1.29 is 9.53 Å². The number of nitrogens with zero attached hydrogens (tertiary/aromatic N) is 1. The van der Waals surface area contributed by atoms with Gasteiger partial charge < -0.3 is 19.9 Å². The predicted molar refractivity (Wildman–Crippen MR) is 144 cm³/mol. The Hall–Kier alpha value is -3.97. The van der Waals surface area contributed by atoms with Gasteiger partial charge in [-0.2, -0.15) is 0 Å². The summed E-state index contributed by atoms with van der Waals surface area (Å²) in [5.41, 5.74) is 5.51. The van der Waals surface area contributed by atoms with Crippen LogP contribution in [0.1, 0.15) is 32.6 Å². The number of fused-ring (bicyclic) bond motifs is 1. The van der Waals surface area contributed by atoms with E-state index in [0.717, 1.165) is 27.6 Å². The molecule has 0 radical (unpaired) electrons. The van der Waals surface area contributed by atoms with E-state index in [9.17, 15) is 9.59 Å². The fourth-order valence-electron chi connectivity index (χ4n) is 3.92. The Morgan fingerprint density at radius 3 is 2.40 bits per heavy atom. The molecule has 0 spiro atoms. The molecule has 0 amide bonds. The summed E-state index contributed by atoms with van der Waals surface area (Å²) in [6, 6.07) is 22.9. The summed E-state index contributed by atoms with van der Waals surface area (Å²) in [6.07, 6.45) is 0. The lowest BCUT2D eigenvalue weighted by molar-refractivity contribution is 0.0602. The highest BCUT2D eigenvalue weighted by molar-refractivity contribution is 7.80. The van der Waals surface area contributed by atoms with Crippen LogP contribution < -0.4 is 10.9 Å². The van der Waals surface area contributed by atoms with E-state index in [0.29, 0.717) is 35.0 Å². The van der Waals surface area contributed by atoms with Crippen molar-refractivity contribution in [3.63, 3.8) is 0 Å². The van der Waals surface area contributed by atoms with Crippen LogP contribution in [0.4, 0.5) is 5.69 Å². The maximum atomic E-state index is 13.0. The second-order valence-corrected chi connectivity index (χ2v) is 8.84. The normalized spacial score (nSPS) is 10.7. The van der Waals surface area contributed by atoms with Gasteiger partial charge in [0.2, 0.25) is 0 Å². The largest absolute Gasteiger partial charge is 0.465 e. The summed E-state index contributed by atoms with van der Waals surface area (Å²) in [5, 5.41) is 4.55. The van der Waals surface area contributed by atoms with E-state index in [1.807, 2.05) is 60.4 Å². The molecule has 178 valence electrons. The van der Waals surface area contributed by atoms with Crippen molar-refractivity contribution in [2.45, 2.75) is 26.9 Å².